The summed E-state index contributed by atoms with van der Waals surface area (Å²) >= 11 is 0. The van der Waals surface area contributed by atoms with Gasteiger partial charge in [0.25, 0.3) is 11.8 Å². The van der Waals surface area contributed by atoms with Gasteiger partial charge in [0.05, 0.1) is 22.3 Å². The third-order valence-corrected chi connectivity index (χ3v) is 6.57. The molecule has 10 heteroatoms. The zero-order valence-electron chi connectivity index (χ0n) is 23.8. The molecular weight excluding hydrogens is 580 g/mol. The molecule has 0 aliphatic carbocycles. The predicted octanol–water partition coefficient (Wildman–Crippen LogP) is 7.26. The van der Waals surface area contributed by atoms with Gasteiger partial charge in [0.1, 0.15) is 47.3 Å². The normalized spacial score (nSPS) is 9.83. The molecule has 2 amide bonds. The number of amides is 2. The van der Waals surface area contributed by atoms with E-state index in [9.17, 15) is 20.1 Å². The first kappa shape index (κ1) is 30.1. The van der Waals surface area contributed by atoms with Crippen molar-refractivity contribution >= 4 is 23.2 Å². The van der Waals surface area contributed by atoms with Crippen molar-refractivity contribution in [3.63, 3.8) is 0 Å². The molecule has 0 atom stereocenters. The topological polar surface area (TPSA) is 172 Å². The largest absolute Gasteiger partial charge is 0.457 e. The van der Waals surface area contributed by atoms with Crippen molar-refractivity contribution in [2.45, 2.75) is 0 Å². The Morgan fingerprint density at radius 1 is 0.435 bits per heavy atom. The SMILES string of the molecule is N#Cc1ccc(Oc2ccc(C(=O)Nc3ccc(NC(=O)c4ccc(Oc5ccc(C#N)c(C#N)c5)cc4)cc3)cc2)cc1C#N. The average Bonchev–Trinajstić information content (AvgIpc) is 3.09. The molecule has 0 radical (unpaired) electrons. The van der Waals surface area contributed by atoms with Gasteiger partial charge in [-0.25, -0.2) is 0 Å². The molecule has 0 aliphatic rings. The zero-order chi connectivity index (χ0) is 32.5. The number of carbonyl (C=O) groups excluding carboxylic acids is 2. The number of hydrogen-bond donors (Lipinski definition) is 2. The molecule has 218 valence electrons. The van der Waals surface area contributed by atoms with E-state index in [4.69, 9.17) is 20.0 Å². The summed E-state index contributed by atoms with van der Waals surface area (Å²) in [7, 11) is 0. The smallest absolute Gasteiger partial charge is 0.255 e. The van der Waals surface area contributed by atoms with E-state index in [1.165, 1.54) is 24.3 Å². The van der Waals surface area contributed by atoms with Crippen LogP contribution in [0.4, 0.5) is 11.4 Å². The fourth-order valence-electron chi connectivity index (χ4n) is 4.22. The number of anilines is 2. The number of carbonyl (C=O) groups is 2. The fourth-order valence-corrected chi connectivity index (χ4v) is 4.22. The fraction of sp³-hybridized carbons (Fsp3) is 0. The molecule has 0 unspecified atom stereocenters. The molecule has 0 fully saturated rings. The van der Waals surface area contributed by atoms with Crippen LogP contribution in [-0.2, 0) is 0 Å². The van der Waals surface area contributed by atoms with Gasteiger partial charge in [-0.2, -0.15) is 21.0 Å². The summed E-state index contributed by atoms with van der Waals surface area (Å²) in [5.41, 5.74) is 2.75. The van der Waals surface area contributed by atoms with E-state index >= 15 is 0 Å². The molecule has 10 nitrogen and oxygen atoms in total. The molecule has 0 spiro atoms. The van der Waals surface area contributed by atoms with Crippen LogP contribution >= 0.6 is 0 Å². The van der Waals surface area contributed by atoms with E-state index < -0.39 is 0 Å². The quantitative estimate of drug-likeness (QED) is 0.187. The molecule has 5 aromatic carbocycles. The second-order valence-corrected chi connectivity index (χ2v) is 9.60. The lowest BCUT2D eigenvalue weighted by atomic mass is 10.1. The number of nitrogens with one attached hydrogen (secondary N) is 2. The van der Waals surface area contributed by atoms with Gasteiger partial charge in [0, 0.05) is 22.5 Å². The first-order chi connectivity index (χ1) is 22.4. The van der Waals surface area contributed by atoms with Crippen molar-refractivity contribution in [2.24, 2.45) is 0 Å². The molecule has 0 aliphatic heterocycles. The highest BCUT2D eigenvalue weighted by Gasteiger charge is 2.11. The molecule has 5 rings (SSSR count). The van der Waals surface area contributed by atoms with Gasteiger partial charge in [0.2, 0.25) is 0 Å². The van der Waals surface area contributed by atoms with Crippen molar-refractivity contribution in [1.82, 2.24) is 0 Å². The minimum Gasteiger partial charge on any atom is -0.457 e. The monoisotopic (exact) mass is 600 g/mol. The number of hydrogen-bond acceptors (Lipinski definition) is 8. The molecule has 0 aromatic heterocycles. The van der Waals surface area contributed by atoms with Crippen LogP contribution in [0.25, 0.3) is 0 Å². The standard InChI is InChI=1S/C36H20N6O4/c37-19-25-5-15-33(17-27(25)21-39)45-31-11-1-23(2-12-31)35(43)41-29-7-9-30(10-8-29)42-36(44)24-3-13-32(14-4-24)46-34-16-6-26(20-38)28(18-34)22-40/h1-18H,(H,41,43)(H,42,44). The Morgan fingerprint density at radius 2 is 0.761 bits per heavy atom. The maximum absolute atomic E-state index is 12.8. The van der Waals surface area contributed by atoms with Gasteiger partial charge in [-0.1, -0.05) is 0 Å². The lowest BCUT2D eigenvalue weighted by Crippen LogP contribution is -2.13. The van der Waals surface area contributed by atoms with Crippen LogP contribution in [0.5, 0.6) is 23.0 Å². The van der Waals surface area contributed by atoms with Crippen LogP contribution in [0.15, 0.2) is 109 Å². The van der Waals surface area contributed by atoms with Crippen LogP contribution in [0.3, 0.4) is 0 Å². The third kappa shape index (κ3) is 7.14. The van der Waals surface area contributed by atoms with Crippen LogP contribution < -0.4 is 20.1 Å². The second kappa shape index (κ2) is 13.7. The van der Waals surface area contributed by atoms with Gasteiger partial charge >= 0.3 is 0 Å². The van der Waals surface area contributed by atoms with Crippen molar-refractivity contribution in [2.75, 3.05) is 10.6 Å². The van der Waals surface area contributed by atoms with Crippen molar-refractivity contribution < 1.29 is 19.1 Å². The molecule has 2 N–H and O–H groups in total. The summed E-state index contributed by atoms with van der Waals surface area (Å²) in [5, 5.41) is 42.1. The summed E-state index contributed by atoms with van der Waals surface area (Å²) in [6, 6.07) is 36.5. The average molecular weight is 601 g/mol. The Balaban J connectivity index is 1.14. The molecule has 46 heavy (non-hydrogen) atoms. The van der Waals surface area contributed by atoms with Crippen LogP contribution in [0.2, 0.25) is 0 Å². The highest BCUT2D eigenvalue weighted by Crippen LogP contribution is 2.26. The first-order valence-corrected chi connectivity index (χ1v) is 13.6. The summed E-state index contributed by atoms with van der Waals surface area (Å²) in [6.07, 6.45) is 0. The van der Waals surface area contributed by atoms with Gasteiger partial charge in [-0.3, -0.25) is 9.59 Å². The zero-order valence-corrected chi connectivity index (χ0v) is 23.8. The lowest BCUT2D eigenvalue weighted by molar-refractivity contribution is 0.101. The minimum atomic E-state index is -0.347. The first-order valence-electron chi connectivity index (χ1n) is 13.6. The van der Waals surface area contributed by atoms with E-state index in [-0.39, 0.29) is 34.1 Å². The van der Waals surface area contributed by atoms with Gasteiger partial charge < -0.3 is 20.1 Å². The number of benzene rings is 5. The second-order valence-electron chi connectivity index (χ2n) is 9.60. The Kier molecular flexibility index (Phi) is 8.97. The highest BCUT2D eigenvalue weighted by atomic mass is 16.5. The number of nitriles is 4. The van der Waals surface area contributed by atoms with Crippen molar-refractivity contribution in [3.05, 3.63) is 143 Å². The highest BCUT2D eigenvalue weighted by molar-refractivity contribution is 6.05. The summed E-state index contributed by atoms with van der Waals surface area (Å²) in [4.78, 5) is 25.5. The predicted molar refractivity (Wildman–Crippen MR) is 167 cm³/mol. The summed E-state index contributed by atoms with van der Waals surface area (Å²) in [6.45, 7) is 0. The van der Waals surface area contributed by atoms with Crippen molar-refractivity contribution in [1.29, 1.82) is 21.0 Å². The Bertz CT molecular complexity index is 1960. The van der Waals surface area contributed by atoms with E-state index in [0.29, 0.717) is 45.5 Å². The van der Waals surface area contributed by atoms with E-state index in [1.807, 2.05) is 24.3 Å². The minimum absolute atomic E-state index is 0.208. The van der Waals surface area contributed by atoms with Gasteiger partial charge in [0.15, 0.2) is 0 Å². The van der Waals surface area contributed by atoms with E-state index in [0.717, 1.165) is 0 Å². The van der Waals surface area contributed by atoms with Crippen LogP contribution in [0, 0.1) is 45.3 Å². The van der Waals surface area contributed by atoms with E-state index in [2.05, 4.69) is 10.6 Å². The Morgan fingerprint density at radius 3 is 1.09 bits per heavy atom. The van der Waals surface area contributed by atoms with Crippen molar-refractivity contribution in [3.8, 4) is 47.3 Å². The lowest BCUT2D eigenvalue weighted by Gasteiger charge is -2.10. The van der Waals surface area contributed by atoms with Crippen LogP contribution in [-0.4, -0.2) is 11.8 Å². The Labute approximate surface area is 263 Å². The molecule has 5 aromatic rings. The third-order valence-electron chi connectivity index (χ3n) is 6.57. The molecule has 0 saturated heterocycles. The molecular formula is C36H20N6O4. The summed E-state index contributed by atoms with van der Waals surface area (Å²) < 4.78 is 11.5. The number of rotatable bonds is 8. The molecule has 0 heterocycles. The maximum atomic E-state index is 12.8. The maximum Gasteiger partial charge on any atom is 0.255 e. The van der Waals surface area contributed by atoms with E-state index in [1.54, 1.807) is 84.9 Å². The number of ether oxygens (including phenoxy) is 2. The Hall–Kier alpha value is -7.40. The van der Waals surface area contributed by atoms with Gasteiger partial charge in [-0.05, 0) is 109 Å². The van der Waals surface area contributed by atoms with Gasteiger partial charge in [-0.15, -0.1) is 0 Å². The summed E-state index contributed by atoms with van der Waals surface area (Å²) in [5.74, 6) is 0.991. The number of nitrogens with zero attached hydrogens (tertiary/aromatic N) is 4. The van der Waals surface area contributed by atoms with Crippen LogP contribution in [0.1, 0.15) is 43.0 Å². The molecule has 0 saturated carbocycles. The molecule has 0 bridgehead atoms.